The van der Waals surface area contributed by atoms with Gasteiger partial charge >= 0.3 is 11.9 Å². The van der Waals surface area contributed by atoms with Gasteiger partial charge < -0.3 is 25.4 Å². The average Bonchev–Trinajstić information content (AvgIpc) is 3.69. The summed E-state index contributed by atoms with van der Waals surface area (Å²) >= 11 is 1.18. The van der Waals surface area contributed by atoms with Crippen LogP contribution in [0.2, 0.25) is 0 Å². The fourth-order valence-corrected chi connectivity index (χ4v) is 8.33. The lowest BCUT2D eigenvalue weighted by Crippen LogP contribution is -2.58. The number of amides is 3. The maximum Gasteiger partial charge on any atom is 0.306 e. The average molecular weight is 804 g/mol. The lowest BCUT2D eigenvalue weighted by Gasteiger charge is -2.38. The molecule has 1 aliphatic heterocycles. The first-order valence-corrected chi connectivity index (χ1v) is 21.0. The molecule has 57 heavy (non-hydrogen) atoms. The predicted octanol–water partition coefficient (Wildman–Crippen LogP) is 6.75. The summed E-state index contributed by atoms with van der Waals surface area (Å²) in [7, 11) is 3.66. The minimum Gasteiger partial charge on any atom is -0.481 e. The maximum atomic E-state index is 14.2. The van der Waals surface area contributed by atoms with Crippen LogP contribution in [-0.2, 0) is 30.3 Å². The lowest BCUT2D eigenvalue weighted by atomic mass is 9.92. The molecule has 12 nitrogen and oxygen atoms in total. The molecule has 3 unspecified atom stereocenters. The van der Waals surface area contributed by atoms with Crippen molar-refractivity contribution < 1.29 is 33.8 Å². The zero-order valence-electron chi connectivity index (χ0n) is 34.7. The van der Waals surface area contributed by atoms with Gasteiger partial charge in [0.1, 0.15) is 16.7 Å². The highest BCUT2D eigenvalue weighted by Crippen LogP contribution is 2.31. The highest BCUT2D eigenvalue weighted by atomic mass is 32.1. The Bertz CT molecular complexity index is 1800. The van der Waals surface area contributed by atoms with Gasteiger partial charge in [-0.1, -0.05) is 102 Å². The molecule has 3 aromatic rings. The summed E-state index contributed by atoms with van der Waals surface area (Å²) in [6.45, 7) is 11.7. The minimum atomic E-state index is -0.952. The predicted molar refractivity (Wildman–Crippen MR) is 223 cm³/mol. The SMILES string of the molecule is CCC(C)[C@H](NC(=O)C1CCCCN1C)C(=O)N(C)C(C[C@@H](OC(C)=O)c1nc(C(=O)N[C@@H](Cc2ccc(-c3ccccc3)cc2)C[C@H](C)C(=O)O)cs1)C(C)C. The number of carboxylic acid groups (broad SMARTS) is 1. The van der Waals surface area contributed by atoms with Crippen LogP contribution in [0.3, 0.4) is 0 Å². The largest absolute Gasteiger partial charge is 0.481 e. The number of nitrogens with zero attached hydrogens (tertiary/aromatic N) is 3. The van der Waals surface area contributed by atoms with Gasteiger partial charge in [-0.2, -0.15) is 0 Å². The lowest BCUT2D eigenvalue weighted by molar-refractivity contribution is -0.149. The van der Waals surface area contributed by atoms with Gasteiger partial charge in [0.25, 0.3) is 5.91 Å². The molecule has 1 aliphatic rings. The molecule has 7 atom stereocenters. The van der Waals surface area contributed by atoms with Crippen LogP contribution in [-0.4, -0.2) is 94.4 Å². The minimum absolute atomic E-state index is 0.0590. The Morgan fingerprint density at radius 2 is 1.63 bits per heavy atom. The van der Waals surface area contributed by atoms with Gasteiger partial charge in [0.2, 0.25) is 11.8 Å². The summed E-state index contributed by atoms with van der Waals surface area (Å²) in [5, 5.41) is 17.8. The topological polar surface area (TPSA) is 158 Å². The molecule has 0 radical (unpaired) electrons. The standard InChI is InChI=1S/C44H61N5O7S/c1-9-28(4)39(47-41(52)36-17-13-14-22-48(36)7)43(53)49(8)37(27(2)3)25-38(56-30(6)50)42-46-35(26-57-42)40(51)45-34(23-29(5)44(54)55)24-31-18-20-33(21-19-31)32-15-11-10-12-16-32/h10-12,15-16,18-21,26-29,34,36-39H,9,13-14,17,22-25H2,1-8H3,(H,45,51)(H,47,52)(H,54,55)/t28?,29-,34+,36?,37?,38+,39-/m0/s1. The number of nitrogens with one attached hydrogen (secondary N) is 2. The van der Waals surface area contributed by atoms with Crippen LogP contribution in [0.1, 0.15) is 107 Å². The third-order valence-electron chi connectivity index (χ3n) is 11.2. The smallest absolute Gasteiger partial charge is 0.306 e. The van der Waals surface area contributed by atoms with E-state index in [-0.39, 0.29) is 48.2 Å². The van der Waals surface area contributed by atoms with Crippen LogP contribution in [0.4, 0.5) is 0 Å². The van der Waals surface area contributed by atoms with Gasteiger partial charge in [-0.25, -0.2) is 4.98 Å². The summed E-state index contributed by atoms with van der Waals surface area (Å²) in [5.74, 6) is -3.18. The van der Waals surface area contributed by atoms with E-state index in [0.717, 1.165) is 42.5 Å². The van der Waals surface area contributed by atoms with Gasteiger partial charge in [0, 0.05) is 37.9 Å². The summed E-state index contributed by atoms with van der Waals surface area (Å²) in [4.78, 5) is 74.0. The zero-order valence-corrected chi connectivity index (χ0v) is 35.5. The van der Waals surface area contributed by atoms with E-state index < -0.39 is 48.0 Å². The van der Waals surface area contributed by atoms with Crippen molar-refractivity contribution in [3.8, 4) is 11.1 Å². The molecule has 1 aromatic heterocycles. The molecule has 13 heteroatoms. The molecule has 2 aromatic carbocycles. The molecule has 4 rings (SSSR count). The number of hydrogen-bond donors (Lipinski definition) is 3. The van der Waals surface area contributed by atoms with E-state index in [1.807, 2.05) is 94.2 Å². The maximum absolute atomic E-state index is 14.2. The quantitative estimate of drug-likeness (QED) is 0.112. The fraction of sp³-hybridized carbons (Fsp3) is 0.545. The number of rotatable bonds is 19. The van der Waals surface area contributed by atoms with Crippen molar-refractivity contribution in [2.24, 2.45) is 17.8 Å². The second kappa shape index (κ2) is 21.2. The van der Waals surface area contributed by atoms with E-state index >= 15 is 0 Å². The fourth-order valence-electron chi connectivity index (χ4n) is 7.49. The van der Waals surface area contributed by atoms with E-state index in [4.69, 9.17) is 4.74 Å². The second-order valence-corrected chi connectivity index (χ2v) is 16.8. The number of likely N-dealkylation sites (N-methyl/N-ethyl adjacent to an activating group) is 2. The van der Waals surface area contributed by atoms with Crippen LogP contribution < -0.4 is 10.6 Å². The summed E-state index contributed by atoms with van der Waals surface area (Å²) in [5.41, 5.74) is 3.20. The monoisotopic (exact) mass is 803 g/mol. The van der Waals surface area contributed by atoms with Crippen molar-refractivity contribution in [2.75, 3.05) is 20.6 Å². The van der Waals surface area contributed by atoms with Gasteiger partial charge in [-0.3, -0.25) is 28.9 Å². The molecular formula is C44H61N5O7S. The van der Waals surface area contributed by atoms with E-state index in [9.17, 15) is 29.1 Å². The second-order valence-electron chi connectivity index (χ2n) is 15.9. The van der Waals surface area contributed by atoms with E-state index in [2.05, 4.69) is 15.6 Å². The molecule has 0 bridgehead atoms. The Morgan fingerprint density at radius 1 is 0.965 bits per heavy atom. The van der Waals surface area contributed by atoms with Crippen molar-refractivity contribution in [3.63, 3.8) is 0 Å². The Hall–Kier alpha value is -4.62. The summed E-state index contributed by atoms with van der Waals surface area (Å²) in [6.07, 6.45) is 3.43. The first-order chi connectivity index (χ1) is 27.1. The molecule has 3 N–H and O–H groups in total. The van der Waals surface area contributed by atoms with Gasteiger partial charge in [-0.05, 0) is 67.8 Å². The van der Waals surface area contributed by atoms with Crippen molar-refractivity contribution in [2.45, 2.75) is 117 Å². The van der Waals surface area contributed by atoms with Gasteiger partial charge in [0.05, 0.1) is 12.0 Å². The number of carboxylic acids is 1. The number of likely N-dealkylation sites (tertiary alicyclic amines) is 1. The molecule has 3 amide bonds. The summed E-state index contributed by atoms with van der Waals surface area (Å²) in [6, 6.07) is 16.1. The Kier molecular flexibility index (Phi) is 16.8. The van der Waals surface area contributed by atoms with Crippen molar-refractivity contribution in [1.29, 1.82) is 0 Å². The molecular weight excluding hydrogens is 743 g/mol. The van der Waals surface area contributed by atoms with Gasteiger partial charge in [0.15, 0.2) is 6.10 Å². The normalized spacial score (nSPS) is 17.7. The molecule has 1 saturated heterocycles. The van der Waals surface area contributed by atoms with E-state index in [0.29, 0.717) is 17.8 Å². The van der Waals surface area contributed by atoms with Crippen LogP contribution in [0, 0.1) is 17.8 Å². The number of hydrogen-bond acceptors (Lipinski definition) is 9. The highest BCUT2D eigenvalue weighted by Gasteiger charge is 2.37. The molecule has 1 fully saturated rings. The summed E-state index contributed by atoms with van der Waals surface area (Å²) < 4.78 is 5.80. The number of carbonyl (C=O) groups is 5. The number of piperidine rings is 1. The number of aliphatic carboxylic acids is 1. The third kappa shape index (κ3) is 12.7. The van der Waals surface area contributed by atoms with Crippen LogP contribution in [0.25, 0.3) is 11.1 Å². The molecule has 0 spiro atoms. The molecule has 310 valence electrons. The van der Waals surface area contributed by atoms with Crippen molar-refractivity contribution in [1.82, 2.24) is 25.4 Å². The van der Waals surface area contributed by atoms with Crippen LogP contribution in [0.15, 0.2) is 60.0 Å². The number of benzene rings is 2. The number of carbonyl (C=O) groups excluding carboxylic acids is 4. The number of thiazole rings is 1. The van der Waals surface area contributed by atoms with Gasteiger partial charge in [-0.15, -0.1) is 11.3 Å². The Morgan fingerprint density at radius 3 is 2.23 bits per heavy atom. The number of ether oxygens (including phenoxy) is 1. The van der Waals surface area contributed by atoms with Crippen LogP contribution >= 0.6 is 11.3 Å². The van der Waals surface area contributed by atoms with Crippen molar-refractivity contribution >= 4 is 41.0 Å². The van der Waals surface area contributed by atoms with E-state index in [1.165, 1.54) is 18.3 Å². The Balaban J connectivity index is 1.51. The first-order valence-electron chi connectivity index (χ1n) is 20.2. The highest BCUT2D eigenvalue weighted by molar-refractivity contribution is 7.09. The molecule has 2 heterocycles. The molecule has 0 aliphatic carbocycles. The Labute approximate surface area is 341 Å². The van der Waals surface area contributed by atoms with E-state index in [1.54, 1.807) is 24.3 Å². The number of aromatic nitrogens is 1. The number of esters is 1. The zero-order chi connectivity index (χ0) is 41.8. The molecule has 0 saturated carbocycles. The third-order valence-corrected chi connectivity index (χ3v) is 12.1. The van der Waals surface area contributed by atoms with Crippen molar-refractivity contribution in [3.05, 3.63) is 76.2 Å². The van der Waals surface area contributed by atoms with Crippen LogP contribution in [0.5, 0.6) is 0 Å². The first kappa shape index (κ1) is 45.1.